The fourth-order valence-corrected chi connectivity index (χ4v) is 0.437. The van der Waals surface area contributed by atoms with Gasteiger partial charge in [-0.3, -0.25) is 4.79 Å². The highest BCUT2D eigenvalue weighted by Crippen LogP contribution is 1.83. The van der Waals surface area contributed by atoms with E-state index in [9.17, 15) is 9.59 Å². The third-order valence-electron chi connectivity index (χ3n) is 1.08. The molecule has 0 amide bonds. The first kappa shape index (κ1) is 10.1. The lowest BCUT2D eigenvalue weighted by molar-refractivity contribution is -0.158. The standard InChI is InChI=1S/C7H13NO3/c1-3-4-5-8-11-7(10)6(2)9/h8H,3-5H2,1-2H3. The van der Waals surface area contributed by atoms with Crippen molar-refractivity contribution < 1.29 is 14.4 Å². The summed E-state index contributed by atoms with van der Waals surface area (Å²) in [5, 5.41) is 0. The smallest absolute Gasteiger partial charge is 0.365 e. The second kappa shape index (κ2) is 5.85. The maximum Gasteiger partial charge on any atom is 0.392 e. The molecule has 11 heavy (non-hydrogen) atoms. The van der Waals surface area contributed by atoms with E-state index in [2.05, 4.69) is 10.3 Å². The second-order valence-corrected chi connectivity index (χ2v) is 2.19. The van der Waals surface area contributed by atoms with E-state index in [1.807, 2.05) is 6.92 Å². The molecule has 0 aromatic rings. The molecule has 0 radical (unpaired) electrons. The maximum absolute atomic E-state index is 10.5. The molecule has 4 nitrogen and oxygen atoms in total. The van der Waals surface area contributed by atoms with Crippen molar-refractivity contribution in [1.29, 1.82) is 0 Å². The summed E-state index contributed by atoms with van der Waals surface area (Å²) < 4.78 is 0. The Bertz CT molecular complexity index is 145. The fraction of sp³-hybridized carbons (Fsp3) is 0.714. The van der Waals surface area contributed by atoms with Crippen LogP contribution in [0.4, 0.5) is 0 Å². The second-order valence-electron chi connectivity index (χ2n) is 2.19. The summed E-state index contributed by atoms with van der Waals surface area (Å²) in [5.74, 6) is -1.42. The van der Waals surface area contributed by atoms with Crippen molar-refractivity contribution in [3.05, 3.63) is 0 Å². The van der Waals surface area contributed by atoms with Crippen molar-refractivity contribution >= 4 is 11.8 Å². The van der Waals surface area contributed by atoms with E-state index < -0.39 is 11.8 Å². The zero-order valence-electron chi connectivity index (χ0n) is 6.85. The summed E-state index contributed by atoms with van der Waals surface area (Å²) in [6.07, 6.45) is 1.94. The van der Waals surface area contributed by atoms with Gasteiger partial charge in [0.2, 0.25) is 5.78 Å². The number of unbranched alkanes of at least 4 members (excludes halogenated alkanes) is 1. The third-order valence-corrected chi connectivity index (χ3v) is 1.08. The highest BCUT2D eigenvalue weighted by molar-refractivity contribution is 6.32. The minimum atomic E-state index is -0.832. The SMILES string of the molecule is CCCCNOC(=O)C(C)=O. The van der Waals surface area contributed by atoms with Gasteiger partial charge in [-0.05, 0) is 6.42 Å². The number of hydrogen-bond donors (Lipinski definition) is 1. The number of Topliss-reactive ketones (excluding diaryl/α,β-unsaturated/α-hetero) is 1. The van der Waals surface area contributed by atoms with Gasteiger partial charge in [-0.25, -0.2) is 4.79 Å². The molecule has 0 saturated carbocycles. The van der Waals surface area contributed by atoms with Gasteiger partial charge in [-0.1, -0.05) is 13.3 Å². The summed E-state index contributed by atoms with van der Waals surface area (Å²) in [4.78, 5) is 25.1. The van der Waals surface area contributed by atoms with Crippen molar-refractivity contribution in [2.75, 3.05) is 6.54 Å². The van der Waals surface area contributed by atoms with Gasteiger partial charge in [0.15, 0.2) is 0 Å². The van der Waals surface area contributed by atoms with Gasteiger partial charge in [0, 0.05) is 13.5 Å². The Morgan fingerprint density at radius 3 is 2.55 bits per heavy atom. The maximum atomic E-state index is 10.5. The summed E-state index contributed by atoms with van der Waals surface area (Å²) in [7, 11) is 0. The van der Waals surface area contributed by atoms with Crippen LogP contribution in [0, 0.1) is 0 Å². The molecule has 0 bridgehead atoms. The molecule has 0 unspecified atom stereocenters. The van der Waals surface area contributed by atoms with Gasteiger partial charge in [-0.2, -0.15) is 5.48 Å². The first-order chi connectivity index (χ1) is 5.18. The Hall–Kier alpha value is -0.900. The van der Waals surface area contributed by atoms with Crippen molar-refractivity contribution in [3.63, 3.8) is 0 Å². The van der Waals surface area contributed by atoms with Crippen LogP contribution < -0.4 is 5.48 Å². The highest BCUT2D eigenvalue weighted by atomic mass is 16.7. The van der Waals surface area contributed by atoms with Gasteiger partial charge < -0.3 is 4.84 Å². The van der Waals surface area contributed by atoms with E-state index in [0.717, 1.165) is 12.8 Å². The number of rotatable bonds is 5. The summed E-state index contributed by atoms with van der Waals surface area (Å²) in [6, 6.07) is 0. The van der Waals surface area contributed by atoms with E-state index in [0.29, 0.717) is 6.54 Å². The topological polar surface area (TPSA) is 55.4 Å². The normalized spacial score (nSPS) is 9.27. The molecule has 0 rings (SSSR count). The van der Waals surface area contributed by atoms with E-state index in [1.165, 1.54) is 6.92 Å². The lowest BCUT2D eigenvalue weighted by Crippen LogP contribution is -2.25. The Kier molecular flexibility index (Phi) is 5.37. The Labute approximate surface area is 65.9 Å². The van der Waals surface area contributed by atoms with Crippen molar-refractivity contribution in [3.8, 4) is 0 Å². The van der Waals surface area contributed by atoms with E-state index in [1.54, 1.807) is 0 Å². The van der Waals surface area contributed by atoms with Crippen LogP contribution in [0.5, 0.6) is 0 Å². The predicted octanol–water partition coefficient (Wildman–Crippen LogP) is 0.423. The third kappa shape index (κ3) is 5.54. The van der Waals surface area contributed by atoms with Crippen LogP contribution in [0.1, 0.15) is 26.7 Å². The number of hydrogen-bond acceptors (Lipinski definition) is 4. The summed E-state index contributed by atoms with van der Waals surface area (Å²) in [6.45, 7) is 3.79. The van der Waals surface area contributed by atoms with Gasteiger partial charge >= 0.3 is 5.97 Å². The lowest BCUT2D eigenvalue weighted by Gasteiger charge is -2.01. The average molecular weight is 159 g/mol. The van der Waals surface area contributed by atoms with Crippen LogP contribution in [0.15, 0.2) is 0 Å². The molecule has 0 fully saturated rings. The fourth-order valence-electron chi connectivity index (χ4n) is 0.437. The molecule has 4 heteroatoms. The number of hydroxylamine groups is 1. The first-order valence-electron chi connectivity index (χ1n) is 3.63. The van der Waals surface area contributed by atoms with E-state index in [-0.39, 0.29) is 0 Å². The molecule has 0 saturated heterocycles. The van der Waals surface area contributed by atoms with Crippen LogP contribution in [0.25, 0.3) is 0 Å². The summed E-state index contributed by atoms with van der Waals surface area (Å²) in [5.41, 5.74) is 2.40. The van der Waals surface area contributed by atoms with E-state index >= 15 is 0 Å². The number of carbonyl (C=O) groups excluding carboxylic acids is 2. The van der Waals surface area contributed by atoms with Crippen LogP contribution in [-0.2, 0) is 14.4 Å². The van der Waals surface area contributed by atoms with Crippen molar-refractivity contribution in [2.45, 2.75) is 26.7 Å². The van der Waals surface area contributed by atoms with Crippen LogP contribution in [-0.4, -0.2) is 18.3 Å². The van der Waals surface area contributed by atoms with Gasteiger partial charge in [0.1, 0.15) is 0 Å². The van der Waals surface area contributed by atoms with Gasteiger partial charge in [-0.15, -0.1) is 0 Å². The van der Waals surface area contributed by atoms with Crippen LogP contribution >= 0.6 is 0 Å². The molecule has 0 aliphatic rings. The largest absolute Gasteiger partial charge is 0.392 e. The molecule has 0 aliphatic heterocycles. The number of carbonyl (C=O) groups is 2. The molecular weight excluding hydrogens is 146 g/mol. The molecule has 1 N–H and O–H groups in total. The zero-order chi connectivity index (χ0) is 8.69. The monoisotopic (exact) mass is 159 g/mol. The molecule has 0 spiro atoms. The average Bonchev–Trinajstić information content (AvgIpc) is 1.97. The number of ketones is 1. The molecule has 0 aliphatic carbocycles. The molecule has 0 aromatic carbocycles. The van der Waals surface area contributed by atoms with Gasteiger partial charge in [0.25, 0.3) is 0 Å². The van der Waals surface area contributed by atoms with E-state index in [4.69, 9.17) is 0 Å². The Balaban J connectivity index is 3.25. The predicted molar refractivity (Wildman–Crippen MR) is 39.7 cm³/mol. The Morgan fingerprint density at radius 1 is 1.45 bits per heavy atom. The minimum Gasteiger partial charge on any atom is -0.365 e. The Morgan fingerprint density at radius 2 is 2.09 bits per heavy atom. The van der Waals surface area contributed by atoms with Crippen molar-refractivity contribution in [1.82, 2.24) is 5.48 Å². The number of nitrogens with one attached hydrogen (secondary N) is 1. The van der Waals surface area contributed by atoms with Crippen LogP contribution in [0.2, 0.25) is 0 Å². The lowest BCUT2D eigenvalue weighted by atomic mass is 10.3. The summed E-state index contributed by atoms with van der Waals surface area (Å²) >= 11 is 0. The molecule has 0 heterocycles. The molecule has 0 aromatic heterocycles. The molecular formula is C7H13NO3. The zero-order valence-corrected chi connectivity index (χ0v) is 6.85. The minimum absolute atomic E-state index is 0.589. The highest BCUT2D eigenvalue weighted by Gasteiger charge is 2.07. The molecule has 0 atom stereocenters. The van der Waals surface area contributed by atoms with Crippen molar-refractivity contribution in [2.24, 2.45) is 0 Å². The first-order valence-corrected chi connectivity index (χ1v) is 3.63. The van der Waals surface area contributed by atoms with Gasteiger partial charge in [0.05, 0.1) is 0 Å². The van der Waals surface area contributed by atoms with Crippen LogP contribution in [0.3, 0.4) is 0 Å². The quantitative estimate of drug-likeness (QED) is 0.359. The molecule has 64 valence electrons.